The van der Waals surface area contributed by atoms with E-state index in [1.54, 1.807) is 5.38 Å². The molecule has 1 rings (SSSR count). The standard InChI is InChI=1S/C9H13N3O3S/c10-3-1-7-12-6(5-16-7)9(15)11-4-2-8(13)14/h5H,1-4,10H2,(H,11,15)(H,13,14). The first-order valence-electron chi connectivity index (χ1n) is 4.78. The van der Waals surface area contributed by atoms with Gasteiger partial charge in [0.2, 0.25) is 0 Å². The van der Waals surface area contributed by atoms with Crippen LogP contribution in [-0.4, -0.2) is 35.1 Å². The predicted octanol–water partition coefficient (Wildman–Crippen LogP) is -0.151. The van der Waals surface area contributed by atoms with E-state index < -0.39 is 5.97 Å². The normalized spacial score (nSPS) is 10.1. The highest BCUT2D eigenvalue weighted by Gasteiger charge is 2.10. The van der Waals surface area contributed by atoms with Crippen LogP contribution in [0.25, 0.3) is 0 Å². The zero-order valence-corrected chi connectivity index (χ0v) is 9.42. The first kappa shape index (κ1) is 12.6. The molecule has 0 radical (unpaired) electrons. The number of nitrogens with two attached hydrogens (primary N) is 1. The summed E-state index contributed by atoms with van der Waals surface area (Å²) in [4.78, 5) is 25.8. The number of hydrogen-bond donors (Lipinski definition) is 3. The van der Waals surface area contributed by atoms with Crippen LogP contribution >= 0.6 is 11.3 Å². The molecule has 0 unspecified atom stereocenters. The lowest BCUT2D eigenvalue weighted by atomic mass is 10.4. The Balaban J connectivity index is 2.43. The van der Waals surface area contributed by atoms with E-state index in [1.807, 2.05) is 0 Å². The number of carboxylic acid groups (broad SMARTS) is 1. The van der Waals surface area contributed by atoms with Crippen LogP contribution in [0.15, 0.2) is 5.38 Å². The third-order valence-electron chi connectivity index (χ3n) is 1.77. The third-order valence-corrected chi connectivity index (χ3v) is 2.68. The summed E-state index contributed by atoms with van der Waals surface area (Å²) in [6.07, 6.45) is 0.554. The van der Waals surface area contributed by atoms with Gasteiger partial charge in [-0.1, -0.05) is 0 Å². The Morgan fingerprint density at radius 3 is 2.94 bits per heavy atom. The lowest BCUT2D eigenvalue weighted by Gasteiger charge is -1.99. The van der Waals surface area contributed by atoms with Crippen molar-refractivity contribution in [1.82, 2.24) is 10.3 Å². The van der Waals surface area contributed by atoms with Gasteiger partial charge in [0, 0.05) is 18.3 Å². The maximum atomic E-state index is 11.5. The largest absolute Gasteiger partial charge is 0.481 e. The summed E-state index contributed by atoms with van der Waals surface area (Å²) in [5.74, 6) is -1.29. The van der Waals surface area contributed by atoms with Gasteiger partial charge in [-0.3, -0.25) is 9.59 Å². The molecule has 6 nitrogen and oxygen atoms in total. The average Bonchev–Trinajstić information content (AvgIpc) is 2.66. The number of carboxylic acids is 1. The van der Waals surface area contributed by atoms with Crippen LogP contribution in [0.3, 0.4) is 0 Å². The summed E-state index contributed by atoms with van der Waals surface area (Å²) in [5, 5.41) is 13.3. The second-order valence-corrected chi connectivity index (χ2v) is 4.01. The molecule has 0 spiro atoms. The Hall–Kier alpha value is -1.47. The molecule has 1 aromatic heterocycles. The van der Waals surface area contributed by atoms with Crippen LogP contribution in [0.5, 0.6) is 0 Å². The van der Waals surface area contributed by atoms with Crippen LogP contribution in [0.1, 0.15) is 21.9 Å². The van der Waals surface area contributed by atoms with Crippen LogP contribution in [-0.2, 0) is 11.2 Å². The topological polar surface area (TPSA) is 105 Å². The molecule has 4 N–H and O–H groups in total. The third kappa shape index (κ3) is 3.95. The van der Waals surface area contributed by atoms with Gasteiger partial charge < -0.3 is 16.2 Å². The Morgan fingerprint density at radius 1 is 1.56 bits per heavy atom. The van der Waals surface area contributed by atoms with E-state index in [0.29, 0.717) is 18.7 Å². The van der Waals surface area contributed by atoms with E-state index in [-0.39, 0.29) is 18.9 Å². The molecule has 7 heteroatoms. The van der Waals surface area contributed by atoms with Gasteiger partial charge in [-0.2, -0.15) is 0 Å². The summed E-state index contributed by atoms with van der Waals surface area (Å²) in [6.45, 7) is 0.603. The molecule has 0 atom stereocenters. The van der Waals surface area contributed by atoms with Crippen LogP contribution in [0.2, 0.25) is 0 Å². The molecule has 0 aliphatic rings. The predicted molar refractivity (Wildman–Crippen MR) is 59.5 cm³/mol. The van der Waals surface area contributed by atoms with Crippen LogP contribution in [0.4, 0.5) is 0 Å². The number of amides is 1. The van der Waals surface area contributed by atoms with Crippen LogP contribution < -0.4 is 11.1 Å². The number of rotatable bonds is 6. The first-order chi connectivity index (χ1) is 7.63. The quantitative estimate of drug-likeness (QED) is 0.644. The van der Waals surface area contributed by atoms with Gasteiger partial charge in [0.25, 0.3) is 5.91 Å². The van der Waals surface area contributed by atoms with Crippen molar-refractivity contribution < 1.29 is 14.7 Å². The first-order valence-corrected chi connectivity index (χ1v) is 5.66. The van der Waals surface area contributed by atoms with Gasteiger partial charge in [0.15, 0.2) is 0 Å². The van der Waals surface area contributed by atoms with E-state index in [2.05, 4.69) is 10.3 Å². The number of nitrogens with zero attached hydrogens (tertiary/aromatic N) is 1. The number of aromatic nitrogens is 1. The highest BCUT2D eigenvalue weighted by Crippen LogP contribution is 2.09. The molecule has 88 valence electrons. The number of carbonyl (C=O) groups excluding carboxylic acids is 1. The fourth-order valence-electron chi connectivity index (χ4n) is 1.03. The van der Waals surface area contributed by atoms with E-state index in [0.717, 1.165) is 5.01 Å². The van der Waals surface area contributed by atoms with Crippen molar-refractivity contribution in [1.29, 1.82) is 0 Å². The molecular weight excluding hydrogens is 230 g/mol. The van der Waals surface area contributed by atoms with Gasteiger partial charge in [-0.25, -0.2) is 4.98 Å². The SMILES string of the molecule is NCCc1nc(C(=O)NCCC(=O)O)cs1. The minimum atomic E-state index is -0.942. The summed E-state index contributed by atoms with van der Waals surface area (Å²) >= 11 is 1.37. The molecular formula is C9H13N3O3S. The number of thiazole rings is 1. The van der Waals surface area contributed by atoms with E-state index in [4.69, 9.17) is 10.8 Å². The van der Waals surface area contributed by atoms with Gasteiger partial charge >= 0.3 is 5.97 Å². The Bertz CT molecular complexity index is 378. The number of hydrogen-bond acceptors (Lipinski definition) is 5. The molecule has 0 aromatic carbocycles. The maximum absolute atomic E-state index is 11.5. The second kappa shape index (κ2) is 6.19. The number of nitrogens with one attached hydrogen (secondary N) is 1. The summed E-state index contributed by atoms with van der Waals surface area (Å²) in [5.41, 5.74) is 5.68. The summed E-state index contributed by atoms with van der Waals surface area (Å²) in [7, 11) is 0. The van der Waals surface area contributed by atoms with Gasteiger partial charge in [0.05, 0.1) is 11.4 Å². The fraction of sp³-hybridized carbons (Fsp3) is 0.444. The van der Waals surface area contributed by atoms with Crippen LogP contribution in [0, 0.1) is 0 Å². The number of aliphatic carboxylic acids is 1. The van der Waals surface area contributed by atoms with Crippen molar-refractivity contribution in [2.45, 2.75) is 12.8 Å². The van der Waals surface area contributed by atoms with Crippen molar-refractivity contribution in [2.24, 2.45) is 5.73 Å². The minimum absolute atomic E-state index is 0.0917. The van der Waals surface area contributed by atoms with Crippen molar-refractivity contribution in [3.63, 3.8) is 0 Å². The maximum Gasteiger partial charge on any atom is 0.305 e. The average molecular weight is 243 g/mol. The highest BCUT2D eigenvalue weighted by molar-refractivity contribution is 7.09. The van der Waals surface area contributed by atoms with E-state index in [1.165, 1.54) is 11.3 Å². The minimum Gasteiger partial charge on any atom is -0.481 e. The molecule has 0 fully saturated rings. The Labute approximate surface area is 96.5 Å². The van der Waals surface area contributed by atoms with Gasteiger partial charge in [-0.05, 0) is 6.54 Å². The van der Waals surface area contributed by atoms with E-state index in [9.17, 15) is 9.59 Å². The summed E-state index contributed by atoms with van der Waals surface area (Å²) < 4.78 is 0. The molecule has 1 heterocycles. The van der Waals surface area contributed by atoms with Crippen molar-refractivity contribution >= 4 is 23.2 Å². The molecule has 0 aliphatic carbocycles. The lowest BCUT2D eigenvalue weighted by molar-refractivity contribution is -0.136. The van der Waals surface area contributed by atoms with Gasteiger partial charge in [-0.15, -0.1) is 11.3 Å². The summed E-state index contributed by atoms with van der Waals surface area (Å²) in [6, 6.07) is 0. The molecule has 0 saturated heterocycles. The highest BCUT2D eigenvalue weighted by atomic mass is 32.1. The second-order valence-electron chi connectivity index (χ2n) is 3.06. The molecule has 1 amide bonds. The lowest BCUT2D eigenvalue weighted by Crippen LogP contribution is -2.26. The Morgan fingerprint density at radius 2 is 2.31 bits per heavy atom. The molecule has 0 saturated carbocycles. The van der Waals surface area contributed by atoms with Gasteiger partial charge in [0.1, 0.15) is 5.69 Å². The van der Waals surface area contributed by atoms with E-state index >= 15 is 0 Å². The van der Waals surface area contributed by atoms with Crippen molar-refractivity contribution in [3.05, 3.63) is 16.1 Å². The van der Waals surface area contributed by atoms with Crippen molar-refractivity contribution in [3.8, 4) is 0 Å². The molecule has 0 aliphatic heterocycles. The molecule has 16 heavy (non-hydrogen) atoms. The zero-order chi connectivity index (χ0) is 12.0. The molecule has 1 aromatic rings. The fourth-order valence-corrected chi connectivity index (χ4v) is 1.82. The monoisotopic (exact) mass is 243 g/mol. The zero-order valence-electron chi connectivity index (χ0n) is 8.60. The van der Waals surface area contributed by atoms with Crippen molar-refractivity contribution in [2.75, 3.05) is 13.1 Å². The molecule has 0 bridgehead atoms. The number of carbonyl (C=O) groups is 2. The smallest absolute Gasteiger partial charge is 0.305 e. The Kier molecular flexibility index (Phi) is 4.87.